The Morgan fingerprint density at radius 2 is 1.70 bits per heavy atom. The van der Waals surface area contributed by atoms with Gasteiger partial charge in [-0.3, -0.25) is 9.59 Å². The van der Waals surface area contributed by atoms with Crippen LogP contribution >= 0.6 is 0 Å². The van der Waals surface area contributed by atoms with Gasteiger partial charge in [0, 0.05) is 18.7 Å². The molecule has 1 aromatic rings. The summed E-state index contributed by atoms with van der Waals surface area (Å²) in [5.41, 5.74) is 0.712. The van der Waals surface area contributed by atoms with E-state index >= 15 is 0 Å². The molecule has 5 heteroatoms. The van der Waals surface area contributed by atoms with Gasteiger partial charge in [0.05, 0.1) is 17.7 Å². The van der Waals surface area contributed by atoms with Crippen LogP contribution < -0.4 is 0 Å². The van der Waals surface area contributed by atoms with Crippen LogP contribution in [0.1, 0.15) is 28.8 Å². The zero-order valence-corrected chi connectivity index (χ0v) is 10.9. The fourth-order valence-corrected chi connectivity index (χ4v) is 2.22. The number of ketones is 1. The number of carbonyl (C=O) groups excluding carboxylic acids is 2. The first kappa shape index (κ1) is 13.8. The first-order chi connectivity index (χ1) is 9.67. The number of carbonyl (C=O) groups is 2. The summed E-state index contributed by atoms with van der Waals surface area (Å²) in [6.45, 7) is 1.22. The Kier molecular flexibility index (Phi) is 4.12. The molecule has 0 radical (unpaired) electrons. The molecule has 1 heterocycles. The molecule has 1 aliphatic rings. The summed E-state index contributed by atoms with van der Waals surface area (Å²) in [5, 5.41) is 17.8. The summed E-state index contributed by atoms with van der Waals surface area (Å²) < 4.78 is 0. The molecular formula is C15H13N3O2. The molecule has 1 aliphatic heterocycles. The highest BCUT2D eigenvalue weighted by molar-refractivity contribution is 6.12. The van der Waals surface area contributed by atoms with Crippen LogP contribution in [0, 0.1) is 28.6 Å². The summed E-state index contributed by atoms with van der Waals surface area (Å²) in [4.78, 5) is 25.9. The van der Waals surface area contributed by atoms with Gasteiger partial charge in [-0.1, -0.05) is 12.1 Å². The van der Waals surface area contributed by atoms with Crippen molar-refractivity contribution in [3.8, 4) is 12.1 Å². The van der Waals surface area contributed by atoms with Gasteiger partial charge in [0.2, 0.25) is 5.91 Å². The highest BCUT2D eigenvalue weighted by atomic mass is 16.2. The first-order valence-electron chi connectivity index (χ1n) is 6.40. The monoisotopic (exact) mass is 267 g/mol. The Hall–Kier alpha value is -2.66. The number of nitriles is 2. The molecule has 5 nitrogen and oxygen atoms in total. The molecule has 0 spiro atoms. The van der Waals surface area contributed by atoms with Crippen LogP contribution in [-0.4, -0.2) is 29.7 Å². The molecule has 1 amide bonds. The standard InChI is InChI=1S/C15H13N3O2/c16-9-11-3-5-12(6-4-11)14(19)13(10-17)15(20)18-7-1-2-8-18/h3-6,13H,1-2,7-8H2/t13-/m1/s1. The number of hydrogen-bond donors (Lipinski definition) is 0. The lowest BCUT2D eigenvalue weighted by molar-refractivity contribution is -0.131. The van der Waals surface area contributed by atoms with E-state index in [0.717, 1.165) is 12.8 Å². The highest BCUT2D eigenvalue weighted by Gasteiger charge is 2.32. The summed E-state index contributed by atoms with van der Waals surface area (Å²) >= 11 is 0. The van der Waals surface area contributed by atoms with E-state index in [1.807, 2.05) is 6.07 Å². The zero-order valence-electron chi connectivity index (χ0n) is 10.9. The van der Waals surface area contributed by atoms with E-state index in [1.54, 1.807) is 11.0 Å². The minimum Gasteiger partial charge on any atom is -0.341 e. The van der Waals surface area contributed by atoms with Gasteiger partial charge >= 0.3 is 0 Å². The second-order valence-electron chi connectivity index (χ2n) is 4.65. The minimum absolute atomic E-state index is 0.281. The van der Waals surface area contributed by atoms with E-state index in [9.17, 15) is 9.59 Å². The molecule has 1 atom stereocenters. The van der Waals surface area contributed by atoms with Gasteiger partial charge in [0.15, 0.2) is 11.7 Å². The van der Waals surface area contributed by atoms with Crippen molar-refractivity contribution in [1.82, 2.24) is 4.90 Å². The predicted octanol–water partition coefficient (Wildman–Crippen LogP) is 1.50. The molecule has 2 rings (SSSR count). The number of likely N-dealkylation sites (tertiary alicyclic amines) is 1. The van der Waals surface area contributed by atoms with Crippen molar-refractivity contribution in [1.29, 1.82) is 10.5 Å². The maximum absolute atomic E-state index is 12.2. The highest BCUT2D eigenvalue weighted by Crippen LogP contribution is 2.16. The topological polar surface area (TPSA) is 85.0 Å². The van der Waals surface area contributed by atoms with Gasteiger partial charge in [-0.15, -0.1) is 0 Å². The Morgan fingerprint density at radius 3 is 2.20 bits per heavy atom. The van der Waals surface area contributed by atoms with Crippen LogP contribution in [0.2, 0.25) is 0 Å². The molecule has 0 aromatic heterocycles. The van der Waals surface area contributed by atoms with Crippen LogP contribution in [0.5, 0.6) is 0 Å². The second kappa shape index (κ2) is 5.99. The van der Waals surface area contributed by atoms with Gasteiger partial charge in [0.1, 0.15) is 0 Å². The fourth-order valence-electron chi connectivity index (χ4n) is 2.22. The lowest BCUT2D eigenvalue weighted by Gasteiger charge is -2.17. The van der Waals surface area contributed by atoms with Crippen molar-refractivity contribution in [2.24, 2.45) is 5.92 Å². The van der Waals surface area contributed by atoms with E-state index in [2.05, 4.69) is 0 Å². The van der Waals surface area contributed by atoms with Crippen LogP contribution in [0.15, 0.2) is 24.3 Å². The zero-order chi connectivity index (χ0) is 14.5. The maximum Gasteiger partial charge on any atom is 0.247 e. The molecule has 0 aliphatic carbocycles. The van der Waals surface area contributed by atoms with Crippen molar-refractivity contribution in [2.45, 2.75) is 12.8 Å². The van der Waals surface area contributed by atoms with Crippen molar-refractivity contribution in [2.75, 3.05) is 13.1 Å². The van der Waals surface area contributed by atoms with E-state index in [-0.39, 0.29) is 5.56 Å². The Balaban J connectivity index is 2.18. The number of nitrogens with zero attached hydrogens (tertiary/aromatic N) is 3. The normalized spacial score (nSPS) is 15.2. The summed E-state index contributed by atoms with van der Waals surface area (Å²) in [6, 6.07) is 9.71. The average molecular weight is 267 g/mol. The molecule has 1 saturated heterocycles. The van der Waals surface area contributed by atoms with Gasteiger partial charge < -0.3 is 4.90 Å². The van der Waals surface area contributed by atoms with E-state index in [1.165, 1.54) is 24.3 Å². The number of hydrogen-bond acceptors (Lipinski definition) is 4. The van der Waals surface area contributed by atoms with Crippen molar-refractivity contribution in [3.63, 3.8) is 0 Å². The summed E-state index contributed by atoms with van der Waals surface area (Å²) in [5.74, 6) is -2.21. The van der Waals surface area contributed by atoms with Crippen LogP contribution in [0.4, 0.5) is 0 Å². The number of rotatable bonds is 3. The third-order valence-corrected chi connectivity index (χ3v) is 3.35. The number of Topliss-reactive ketones (excluding diaryl/α,β-unsaturated/α-hetero) is 1. The van der Waals surface area contributed by atoms with Gasteiger partial charge in [0.25, 0.3) is 0 Å². The van der Waals surface area contributed by atoms with Gasteiger partial charge in [-0.05, 0) is 25.0 Å². The molecular weight excluding hydrogens is 254 g/mol. The largest absolute Gasteiger partial charge is 0.341 e. The summed E-state index contributed by atoms with van der Waals surface area (Å²) in [7, 11) is 0. The fraction of sp³-hybridized carbons (Fsp3) is 0.333. The SMILES string of the molecule is N#Cc1ccc(C(=O)[C@@H](C#N)C(=O)N2CCCC2)cc1. The molecule has 0 saturated carbocycles. The molecule has 0 N–H and O–H groups in total. The van der Waals surface area contributed by atoms with E-state index < -0.39 is 17.6 Å². The Morgan fingerprint density at radius 1 is 1.10 bits per heavy atom. The van der Waals surface area contributed by atoms with E-state index in [4.69, 9.17) is 10.5 Å². The minimum atomic E-state index is -1.29. The summed E-state index contributed by atoms with van der Waals surface area (Å²) in [6.07, 6.45) is 1.82. The van der Waals surface area contributed by atoms with Crippen molar-refractivity contribution >= 4 is 11.7 Å². The molecule has 1 aromatic carbocycles. The maximum atomic E-state index is 12.2. The number of benzene rings is 1. The molecule has 20 heavy (non-hydrogen) atoms. The van der Waals surface area contributed by atoms with Crippen molar-refractivity contribution < 1.29 is 9.59 Å². The molecule has 0 bridgehead atoms. The number of amides is 1. The lowest BCUT2D eigenvalue weighted by Crippen LogP contribution is -2.37. The Labute approximate surface area is 117 Å². The predicted molar refractivity (Wildman–Crippen MR) is 70.4 cm³/mol. The van der Waals surface area contributed by atoms with Crippen molar-refractivity contribution in [3.05, 3.63) is 35.4 Å². The second-order valence-corrected chi connectivity index (χ2v) is 4.65. The average Bonchev–Trinajstić information content (AvgIpc) is 3.02. The Bertz CT molecular complexity index is 601. The molecule has 100 valence electrons. The third-order valence-electron chi connectivity index (χ3n) is 3.35. The lowest BCUT2D eigenvalue weighted by atomic mass is 9.97. The van der Waals surface area contributed by atoms with Crippen LogP contribution in [-0.2, 0) is 4.79 Å². The smallest absolute Gasteiger partial charge is 0.247 e. The quantitative estimate of drug-likeness (QED) is 0.613. The molecule has 0 unspecified atom stereocenters. The molecule has 1 fully saturated rings. The van der Waals surface area contributed by atoms with Gasteiger partial charge in [-0.2, -0.15) is 10.5 Å². The van der Waals surface area contributed by atoms with E-state index in [0.29, 0.717) is 18.7 Å². The van der Waals surface area contributed by atoms with Crippen LogP contribution in [0.25, 0.3) is 0 Å². The first-order valence-corrected chi connectivity index (χ1v) is 6.40. The van der Waals surface area contributed by atoms with Crippen LogP contribution in [0.3, 0.4) is 0 Å². The van der Waals surface area contributed by atoms with Gasteiger partial charge in [-0.25, -0.2) is 0 Å². The third kappa shape index (κ3) is 2.67.